The minimum absolute atomic E-state index is 0.0268. The van der Waals surface area contributed by atoms with Gasteiger partial charge in [-0.25, -0.2) is 0 Å². The number of aryl methyl sites for hydroxylation is 1. The molecule has 2 aliphatic carbocycles. The zero-order chi connectivity index (χ0) is 13.9. The zero-order valence-electron chi connectivity index (χ0n) is 11.6. The lowest BCUT2D eigenvalue weighted by atomic mass is 9.91. The summed E-state index contributed by atoms with van der Waals surface area (Å²) < 4.78 is 0. The number of aromatic amines is 1. The average molecular weight is 275 g/mol. The van der Waals surface area contributed by atoms with Crippen LogP contribution in [0.2, 0.25) is 0 Å². The van der Waals surface area contributed by atoms with Gasteiger partial charge < -0.3 is 15.6 Å². The number of rotatable bonds is 5. The summed E-state index contributed by atoms with van der Waals surface area (Å²) in [5, 5.41) is 6.43. The molecule has 5 nitrogen and oxygen atoms in total. The number of carbonyl (C=O) groups is 1. The second kappa shape index (κ2) is 5.79. The summed E-state index contributed by atoms with van der Waals surface area (Å²) in [6, 6.07) is 3.80. The van der Waals surface area contributed by atoms with Crippen LogP contribution in [0.1, 0.15) is 43.0 Å². The first kappa shape index (κ1) is 13.4. The first-order valence-electron chi connectivity index (χ1n) is 7.47. The average Bonchev–Trinajstić information content (AvgIpc) is 3.27. The van der Waals surface area contributed by atoms with Crippen molar-refractivity contribution in [3.63, 3.8) is 0 Å². The molecule has 1 saturated carbocycles. The Morgan fingerprint density at radius 1 is 1.25 bits per heavy atom. The third-order valence-electron chi connectivity index (χ3n) is 4.09. The highest BCUT2D eigenvalue weighted by molar-refractivity contribution is 5.80. The van der Waals surface area contributed by atoms with Crippen molar-refractivity contribution in [3.8, 4) is 0 Å². The maximum absolute atomic E-state index is 11.5. The van der Waals surface area contributed by atoms with E-state index in [2.05, 4.69) is 15.6 Å². The Bertz CT molecular complexity index is 548. The van der Waals surface area contributed by atoms with Gasteiger partial charge in [0, 0.05) is 36.8 Å². The Labute approximate surface area is 118 Å². The van der Waals surface area contributed by atoms with Crippen LogP contribution in [0, 0.1) is 5.92 Å². The number of aromatic nitrogens is 1. The molecular formula is C15H21N3O2. The van der Waals surface area contributed by atoms with Crippen molar-refractivity contribution < 1.29 is 4.79 Å². The van der Waals surface area contributed by atoms with Crippen LogP contribution < -0.4 is 16.2 Å². The van der Waals surface area contributed by atoms with Crippen LogP contribution in [0.4, 0.5) is 0 Å². The summed E-state index contributed by atoms with van der Waals surface area (Å²) in [4.78, 5) is 25.8. The van der Waals surface area contributed by atoms with E-state index in [0.29, 0.717) is 6.54 Å². The Balaban J connectivity index is 1.51. The maximum atomic E-state index is 11.5. The van der Waals surface area contributed by atoms with Crippen LogP contribution in [-0.2, 0) is 11.2 Å². The van der Waals surface area contributed by atoms with Crippen molar-refractivity contribution in [1.29, 1.82) is 0 Å². The standard InChI is InChI=1S/C15H21N3O2/c19-14-7-6-11-12(2-1-3-13(11)18-14)16-8-9-17-15(20)10-4-5-10/h6-7,10,12,16H,1-5,8-9H2,(H,17,20)(H,18,19). The van der Waals surface area contributed by atoms with E-state index < -0.39 is 0 Å². The molecule has 1 aromatic rings. The predicted molar refractivity (Wildman–Crippen MR) is 76.5 cm³/mol. The van der Waals surface area contributed by atoms with Gasteiger partial charge in [0.05, 0.1) is 0 Å². The van der Waals surface area contributed by atoms with Gasteiger partial charge in [0.2, 0.25) is 11.5 Å². The van der Waals surface area contributed by atoms with E-state index in [1.165, 1.54) is 5.56 Å². The van der Waals surface area contributed by atoms with Crippen LogP contribution >= 0.6 is 0 Å². The lowest BCUT2D eigenvalue weighted by Crippen LogP contribution is -2.35. The van der Waals surface area contributed by atoms with Crippen molar-refractivity contribution in [3.05, 3.63) is 33.7 Å². The van der Waals surface area contributed by atoms with E-state index in [1.807, 2.05) is 6.07 Å². The third kappa shape index (κ3) is 3.10. The van der Waals surface area contributed by atoms with Crippen molar-refractivity contribution in [1.82, 2.24) is 15.6 Å². The van der Waals surface area contributed by atoms with Gasteiger partial charge >= 0.3 is 0 Å². The molecule has 0 spiro atoms. The Kier molecular flexibility index (Phi) is 3.87. The minimum atomic E-state index is -0.0268. The predicted octanol–water partition coefficient (Wildman–Crippen LogP) is 0.868. The quantitative estimate of drug-likeness (QED) is 0.698. The van der Waals surface area contributed by atoms with E-state index in [0.717, 1.165) is 44.3 Å². The van der Waals surface area contributed by atoms with Crippen LogP contribution in [0.5, 0.6) is 0 Å². The largest absolute Gasteiger partial charge is 0.355 e. The number of hydrogen-bond donors (Lipinski definition) is 3. The van der Waals surface area contributed by atoms with Gasteiger partial charge in [0.25, 0.3) is 0 Å². The Morgan fingerprint density at radius 3 is 2.90 bits per heavy atom. The molecule has 1 atom stereocenters. The molecule has 1 heterocycles. The van der Waals surface area contributed by atoms with E-state index in [1.54, 1.807) is 6.07 Å². The molecule has 1 unspecified atom stereocenters. The second-order valence-electron chi connectivity index (χ2n) is 5.72. The lowest BCUT2D eigenvalue weighted by Gasteiger charge is -2.26. The molecular weight excluding hydrogens is 254 g/mol. The molecule has 20 heavy (non-hydrogen) atoms. The van der Waals surface area contributed by atoms with Crippen LogP contribution in [0.3, 0.4) is 0 Å². The Hall–Kier alpha value is -1.62. The van der Waals surface area contributed by atoms with Crippen LogP contribution in [0.25, 0.3) is 0 Å². The maximum Gasteiger partial charge on any atom is 0.248 e. The highest BCUT2D eigenvalue weighted by Crippen LogP contribution is 2.29. The monoisotopic (exact) mass is 275 g/mol. The summed E-state index contributed by atoms with van der Waals surface area (Å²) in [5.74, 6) is 0.468. The van der Waals surface area contributed by atoms with Crippen molar-refractivity contribution in [2.24, 2.45) is 5.92 Å². The zero-order valence-corrected chi connectivity index (χ0v) is 11.6. The highest BCUT2D eigenvalue weighted by Gasteiger charge is 2.29. The van der Waals surface area contributed by atoms with E-state index in [9.17, 15) is 9.59 Å². The van der Waals surface area contributed by atoms with E-state index >= 15 is 0 Å². The first-order valence-corrected chi connectivity index (χ1v) is 7.47. The Morgan fingerprint density at radius 2 is 2.10 bits per heavy atom. The van der Waals surface area contributed by atoms with Gasteiger partial charge in [0.1, 0.15) is 0 Å². The molecule has 1 fully saturated rings. The molecule has 0 saturated heterocycles. The number of hydrogen-bond acceptors (Lipinski definition) is 3. The highest BCUT2D eigenvalue weighted by atomic mass is 16.2. The van der Waals surface area contributed by atoms with Gasteiger partial charge in [0.15, 0.2) is 0 Å². The molecule has 0 radical (unpaired) electrons. The number of amides is 1. The van der Waals surface area contributed by atoms with Crippen molar-refractivity contribution in [2.45, 2.75) is 38.1 Å². The fourth-order valence-corrected chi connectivity index (χ4v) is 2.83. The molecule has 3 rings (SSSR count). The van der Waals surface area contributed by atoms with Gasteiger partial charge in [-0.3, -0.25) is 9.59 Å². The molecule has 0 aliphatic heterocycles. The van der Waals surface area contributed by atoms with Crippen LogP contribution in [0.15, 0.2) is 16.9 Å². The summed E-state index contributed by atoms with van der Waals surface area (Å²) in [6.07, 6.45) is 5.20. The summed E-state index contributed by atoms with van der Waals surface area (Å²) in [6.45, 7) is 1.44. The smallest absolute Gasteiger partial charge is 0.248 e. The topological polar surface area (TPSA) is 74.0 Å². The third-order valence-corrected chi connectivity index (χ3v) is 4.09. The lowest BCUT2D eigenvalue weighted by molar-refractivity contribution is -0.122. The number of carbonyl (C=O) groups excluding carboxylic acids is 1. The van der Waals surface area contributed by atoms with Gasteiger partial charge in [-0.2, -0.15) is 0 Å². The number of H-pyrrole nitrogens is 1. The fourth-order valence-electron chi connectivity index (χ4n) is 2.83. The van der Waals surface area contributed by atoms with E-state index in [-0.39, 0.29) is 23.4 Å². The molecule has 108 valence electrons. The van der Waals surface area contributed by atoms with Crippen molar-refractivity contribution in [2.75, 3.05) is 13.1 Å². The normalized spacial score (nSPS) is 21.3. The fraction of sp³-hybridized carbons (Fsp3) is 0.600. The second-order valence-corrected chi connectivity index (χ2v) is 5.72. The van der Waals surface area contributed by atoms with Crippen LogP contribution in [-0.4, -0.2) is 24.0 Å². The molecule has 0 bridgehead atoms. The molecule has 1 aromatic heterocycles. The molecule has 5 heteroatoms. The molecule has 3 N–H and O–H groups in total. The van der Waals surface area contributed by atoms with Crippen molar-refractivity contribution >= 4 is 5.91 Å². The first-order chi connectivity index (χ1) is 9.74. The summed E-state index contributed by atoms with van der Waals surface area (Å²) in [5.41, 5.74) is 2.23. The van der Waals surface area contributed by atoms with Gasteiger partial charge in [-0.1, -0.05) is 6.07 Å². The molecule has 0 aromatic carbocycles. The number of nitrogens with one attached hydrogen (secondary N) is 3. The van der Waals surface area contributed by atoms with E-state index in [4.69, 9.17) is 0 Å². The number of fused-ring (bicyclic) bond motifs is 1. The van der Waals surface area contributed by atoms with Gasteiger partial charge in [-0.15, -0.1) is 0 Å². The minimum Gasteiger partial charge on any atom is -0.355 e. The SMILES string of the molecule is O=C(NCCNC1CCCc2[nH]c(=O)ccc21)C1CC1. The molecule has 2 aliphatic rings. The summed E-state index contributed by atoms with van der Waals surface area (Å²) >= 11 is 0. The van der Waals surface area contributed by atoms with Gasteiger partial charge in [-0.05, 0) is 37.7 Å². The summed E-state index contributed by atoms with van der Waals surface area (Å²) in [7, 11) is 0. The molecule has 1 amide bonds. The number of pyridine rings is 1.